The zero-order valence-corrected chi connectivity index (χ0v) is 4.97. The summed E-state index contributed by atoms with van der Waals surface area (Å²) in [5.41, 5.74) is -0.00579. The van der Waals surface area contributed by atoms with E-state index < -0.39 is 5.82 Å². The van der Waals surface area contributed by atoms with Crippen molar-refractivity contribution in [2.75, 3.05) is 0 Å². The van der Waals surface area contributed by atoms with Gasteiger partial charge >= 0.3 is 0 Å². The Morgan fingerprint density at radius 3 is 3.10 bits per heavy atom. The van der Waals surface area contributed by atoms with Crippen LogP contribution in [-0.4, -0.2) is 6.08 Å². The number of carbonyl (C=O) groups excluding carboxylic acids is 1. The monoisotopic (exact) mass is 136 g/mol. The number of isocyanates is 1. The van der Waals surface area contributed by atoms with E-state index >= 15 is 0 Å². The zero-order chi connectivity index (χ0) is 7.40. The topological polar surface area (TPSA) is 29.4 Å². The minimum Gasteiger partial charge on any atom is -0.211 e. The van der Waals surface area contributed by atoms with Crippen molar-refractivity contribution in [2.24, 2.45) is 4.99 Å². The number of rotatable bonds is 1. The lowest BCUT2D eigenvalue weighted by molar-refractivity contribution is 0.564. The van der Waals surface area contributed by atoms with E-state index in [1.807, 2.05) is 0 Å². The molecule has 1 rings (SSSR count). The van der Waals surface area contributed by atoms with Crippen LogP contribution in [0, 0.1) is 11.9 Å². The SMILES string of the molecule is O=C=Nc1cc[c]cc1F. The van der Waals surface area contributed by atoms with Crippen LogP contribution in [0.15, 0.2) is 23.2 Å². The van der Waals surface area contributed by atoms with E-state index in [1.54, 1.807) is 0 Å². The maximum atomic E-state index is 12.5. The second-order valence-electron chi connectivity index (χ2n) is 1.58. The van der Waals surface area contributed by atoms with Crippen molar-refractivity contribution in [3.8, 4) is 0 Å². The second-order valence-corrected chi connectivity index (χ2v) is 1.58. The van der Waals surface area contributed by atoms with E-state index in [9.17, 15) is 9.18 Å². The summed E-state index contributed by atoms with van der Waals surface area (Å²) in [6.45, 7) is 0. The summed E-state index contributed by atoms with van der Waals surface area (Å²) in [5, 5.41) is 0. The smallest absolute Gasteiger partial charge is 0.211 e. The first-order valence-electron chi connectivity index (χ1n) is 2.58. The molecule has 2 nitrogen and oxygen atoms in total. The van der Waals surface area contributed by atoms with Crippen LogP contribution < -0.4 is 0 Å². The van der Waals surface area contributed by atoms with Crippen molar-refractivity contribution < 1.29 is 9.18 Å². The molecule has 49 valence electrons. The summed E-state index contributed by atoms with van der Waals surface area (Å²) in [6, 6.07) is 6.42. The first-order valence-corrected chi connectivity index (χ1v) is 2.58. The molecule has 0 N–H and O–H groups in total. The molecule has 1 radical (unpaired) electrons. The minimum absolute atomic E-state index is 0.00579. The van der Waals surface area contributed by atoms with E-state index in [-0.39, 0.29) is 5.69 Å². The Labute approximate surface area is 57.0 Å². The van der Waals surface area contributed by atoms with Gasteiger partial charge in [0.2, 0.25) is 6.08 Å². The van der Waals surface area contributed by atoms with Crippen molar-refractivity contribution in [3.63, 3.8) is 0 Å². The van der Waals surface area contributed by atoms with Crippen molar-refractivity contribution in [1.82, 2.24) is 0 Å². The van der Waals surface area contributed by atoms with Crippen LogP contribution in [0.2, 0.25) is 0 Å². The summed E-state index contributed by atoms with van der Waals surface area (Å²) >= 11 is 0. The highest BCUT2D eigenvalue weighted by molar-refractivity contribution is 5.48. The fourth-order valence-electron chi connectivity index (χ4n) is 0.542. The molecule has 0 saturated heterocycles. The summed E-state index contributed by atoms with van der Waals surface area (Å²) in [7, 11) is 0. The average Bonchev–Trinajstić information content (AvgIpc) is 1.94. The third-order valence-corrected chi connectivity index (χ3v) is 0.958. The number of benzene rings is 1. The number of nitrogens with zero attached hydrogens (tertiary/aromatic N) is 1. The van der Waals surface area contributed by atoms with Gasteiger partial charge in [-0.2, -0.15) is 4.99 Å². The lowest BCUT2D eigenvalue weighted by Crippen LogP contribution is -1.72. The number of aliphatic imine (C=N–C) groups is 1. The Hall–Kier alpha value is -1.47. The van der Waals surface area contributed by atoms with Crippen molar-refractivity contribution in [1.29, 1.82) is 0 Å². The molecule has 0 atom stereocenters. The van der Waals surface area contributed by atoms with Crippen LogP contribution in [0.4, 0.5) is 10.1 Å². The second kappa shape index (κ2) is 2.90. The Bertz CT molecular complexity index is 279. The number of hydrogen-bond acceptors (Lipinski definition) is 2. The van der Waals surface area contributed by atoms with Gasteiger partial charge in [0.15, 0.2) is 0 Å². The molecular formula is C7H3FNO. The molecule has 0 bridgehead atoms. The van der Waals surface area contributed by atoms with Gasteiger partial charge in [-0.25, -0.2) is 9.18 Å². The highest BCUT2D eigenvalue weighted by Crippen LogP contribution is 2.14. The molecule has 10 heavy (non-hydrogen) atoms. The van der Waals surface area contributed by atoms with Gasteiger partial charge in [0, 0.05) is 0 Å². The number of hydrogen-bond donors (Lipinski definition) is 0. The van der Waals surface area contributed by atoms with Crippen LogP contribution in [0.1, 0.15) is 0 Å². The fraction of sp³-hybridized carbons (Fsp3) is 0. The Kier molecular flexibility index (Phi) is 1.92. The Morgan fingerprint density at radius 2 is 2.50 bits per heavy atom. The Balaban J connectivity index is 3.14. The van der Waals surface area contributed by atoms with Gasteiger partial charge < -0.3 is 0 Å². The molecule has 0 saturated carbocycles. The first-order chi connectivity index (χ1) is 4.84. The van der Waals surface area contributed by atoms with E-state index in [1.165, 1.54) is 18.2 Å². The van der Waals surface area contributed by atoms with Gasteiger partial charge in [0.1, 0.15) is 11.5 Å². The van der Waals surface area contributed by atoms with Crippen molar-refractivity contribution in [3.05, 3.63) is 30.1 Å². The third-order valence-electron chi connectivity index (χ3n) is 0.958. The molecule has 0 amide bonds. The van der Waals surface area contributed by atoms with E-state index in [0.29, 0.717) is 0 Å². The van der Waals surface area contributed by atoms with Gasteiger partial charge in [0.25, 0.3) is 0 Å². The largest absolute Gasteiger partial charge is 0.240 e. The maximum Gasteiger partial charge on any atom is 0.240 e. The highest BCUT2D eigenvalue weighted by Gasteiger charge is 1.95. The molecule has 0 aliphatic rings. The first kappa shape index (κ1) is 6.65. The molecule has 3 heteroatoms. The molecule has 1 aromatic rings. The zero-order valence-electron chi connectivity index (χ0n) is 4.97. The van der Waals surface area contributed by atoms with Gasteiger partial charge in [0.05, 0.1) is 0 Å². The summed E-state index contributed by atoms with van der Waals surface area (Å²) in [5.74, 6) is -0.564. The van der Waals surface area contributed by atoms with Crippen LogP contribution in [0.5, 0.6) is 0 Å². The van der Waals surface area contributed by atoms with Crippen molar-refractivity contribution in [2.45, 2.75) is 0 Å². The van der Waals surface area contributed by atoms with Crippen LogP contribution in [0.3, 0.4) is 0 Å². The fourth-order valence-corrected chi connectivity index (χ4v) is 0.542. The lowest BCUT2D eigenvalue weighted by atomic mass is 10.3. The summed E-state index contributed by atoms with van der Waals surface area (Å²) in [4.78, 5) is 12.8. The standard InChI is InChI=1S/C7H3FNO/c8-6-3-1-2-4-7(6)9-5-10/h2-4H. The molecule has 0 fully saturated rings. The average molecular weight is 136 g/mol. The van der Waals surface area contributed by atoms with E-state index in [2.05, 4.69) is 11.1 Å². The van der Waals surface area contributed by atoms with Crippen LogP contribution in [0.25, 0.3) is 0 Å². The van der Waals surface area contributed by atoms with Gasteiger partial charge in [-0.3, -0.25) is 0 Å². The van der Waals surface area contributed by atoms with Crippen molar-refractivity contribution >= 4 is 11.8 Å². The van der Waals surface area contributed by atoms with E-state index in [4.69, 9.17) is 0 Å². The highest BCUT2D eigenvalue weighted by atomic mass is 19.1. The van der Waals surface area contributed by atoms with Gasteiger partial charge in [-0.05, 0) is 18.2 Å². The third kappa shape index (κ3) is 1.27. The molecule has 0 unspecified atom stereocenters. The predicted octanol–water partition coefficient (Wildman–Crippen LogP) is 1.59. The molecule has 0 aromatic heterocycles. The summed E-state index contributed by atoms with van der Waals surface area (Å²) < 4.78 is 12.5. The van der Waals surface area contributed by atoms with Crippen LogP contribution in [-0.2, 0) is 4.79 Å². The van der Waals surface area contributed by atoms with Gasteiger partial charge in [-0.15, -0.1) is 0 Å². The molecule has 0 aliphatic heterocycles. The Morgan fingerprint density at radius 1 is 1.70 bits per heavy atom. The van der Waals surface area contributed by atoms with Crippen LogP contribution >= 0.6 is 0 Å². The van der Waals surface area contributed by atoms with Gasteiger partial charge in [-0.1, -0.05) is 6.07 Å². The summed E-state index contributed by atoms with van der Waals surface area (Å²) in [6.07, 6.45) is 1.25. The predicted molar refractivity (Wildman–Crippen MR) is 33.0 cm³/mol. The maximum absolute atomic E-state index is 12.5. The van der Waals surface area contributed by atoms with E-state index in [0.717, 1.165) is 6.07 Å². The normalized spacial score (nSPS) is 8.50. The molecule has 0 spiro atoms. The molecular weight excluding hydrogens is 133 g/mol. The quantitative estimate of drug-likeness (QED) is 0.425. The lowest BCUT2D eigenvalue weighted by Gasteiger charge is -1.88. The molecule has 1 aromatic carbocycles. The minimum atomic E-state index is -0.564. The number of halogens is 1. The molecule has 0 heterocycles. The molecule has 0 aliphatic carbocycles.